The number of hydrogen-bond acceptors (Lipinski definition) is 5. The fraction of sp³-hybridized carbons (Fsp3) is 0.0667. The number of thiazole rings is 1. The Morgan fingerprint density at radius 2 is 1.86 bits per heavy atom. The Bertz CT molecular complexity index is 913. The van der Waals surface area contributed by atoms with Crippen molar-refractivity contribution in [2.45, 2.75) is 6.54 Å². The van der Waals surface area contributed by atoms with Gasteiger partial charge in [-0.25, -0.2) is 4.98 Å². The van der Waals surface area contributed by atoms with Crippen LogP contribution in [-0.2, 0) is 6.54 Å². The van der Waals surface area contributed by atoms with Crippen LogP contribution in [0, 0.1) is 0 Å². The van der Waals surface area contributed by atoms with Gasteiger partial charge in [0.25, 0.3) is 0 Å². The summed E-state index contributed by atoms with van der Waals surface area (Å²) < 4.78 is 1.16. The van der Waals surface area contributed by atoms with Crippen LogP contribution in [0.15, 0.2) is 48.5 Å². The molecule has 0 aliphatic carbocycles. The molecule has 22 heavy (non-hydrogen) atoms. The molecule has 0 atom stereocenters. The molecular weight excluding hydrogens is 318 g/mol. The standard InChI is InChI=1S/C15H10ClN5S/c16-11-6-2-1-5-10(11)15-18-20-21(19-15)9-14-17-12-7-3-4-8-13(12)22-14/h1-8H,9H2. The summed E-state index contributed by atoms with van der Waals surface area (Å²) in [7, 11) is 0. The van der Waals surface area contributed by atoms with E-state index in [0.717, 1.165) is 20.8 Å². The summed E-state index contributed by atoms with van der Waals surface area (Å²) >= 11 is 7.79. The van der Waals surface area contributed by atoms with E-state index in [0.29, 0.717) is 17.4 Å². The van der Waals surface area contributed by atoms with Crippen LogP contribution in [0.2, 0.25) is 5.02 Å². The van der Waals surface area contributed by atoms with E-state index in [1.165, 1.54) is 4.80 Å². The Hall–Kier alpha value is -2.31. The minimum Gasteiger partial charge on any atom is -0.239 e. The Kier molecular flexibility index (Phi) is 3.32. The molecule has 0 aliphatic rings. The number of fused-ring (bicyclic) bond motifs is 1. The zero-order valence-electron chi connectivity index (χ0n) is 11.3. The number of nitrogens with zero attached hydrogens (tertiary/aromatic N) is 5. The molecule has 2 heterocycles. The number of hydrogen-bond donors (Lipinski definition) is 0. The third-order valence-electron chi connectivity index (χ3n) is 3.18. The van der Waals surface area contributed by atoms with Crippen molar-refractivity contribution in [3.63, 3.8) is 0 Å². The largest absolute Gasteiger partial charge is 0.239 e. The monoisotopic (exact) mass is 327 g/mol. The third-order valence-corrected chi connectivity index (χ3v) is 4.53. The van der Waals surface area contributed by atoms with E-state index in [2.05, 4.69) is 26.5 Å². The van der Waals surface area contributed by atoms with Crippen LogP contribution in [0.25, 0.3) is 21.6 Å². The highest BCUT2D eigenvalue weighted by Gasteiger charge is 2.11. The molecule has 0 unspecified atom stereocenters. The van der Waals surface area contributed by atoms with Crippen LogP contribution in [0.1, 0.15) is 5.01 Å². The molecule has 0 radical (unpaired) electrons. The van der Waals surface area contributed by atoms with Gasteiger partial charge in [-0.05, 0) is 29.5 Å². The number of halogens is 1. The minimum absolute atomic E-state index is 0.497. The fourth-order valence-corrected chi connectivity index (χ4v) is 3.33. The Labute approximate surface area is 135 Å². The van der Waals surface area contributed by atoms with Crippen LogP contribution in [-0.4, -0.2) is 25.2 Å². The van der Waals surface area contributed by atoms with E-state index >= 15 is 0 Å². The zero-order valence-corrected chi connectivity index (χ0v) is 12.9. The fourth-order valence-electron chi connectivity index (χ4n) is 2.17. The van der Waals surface area contributed by atoms with Gasteiger partial charge in [0.1, 0.15) is 11.6 Å². The van der Waals surface area contributed by atoms with E-state index < -0.39 is 0 Å². The second-order valence-corrected chi connectivity index (χ2v) is 6.22. The molecule has 0 aliphatic heterocycles. The lowest BCUT2D eigenvalue weighted by Crippen LogP contribution is -2.03. The molecule has 7 heteroatoms. The van der Waals surface area contributed by atoms with E-state index in [4.69, 9.17) is 11.6 Å². The maximum Gasteiger partial charge on any atom is 0.206 e. The summed E-state index contributed by atoms with van der Waals surface area (Å²) in [5.41, 5.74) is 1.77. The molecule has 0 saturated heterocycles. The van der Waals surface area contributed by atoms with Gasteiger partial charge in [-0.2, -0.15) is 4.80 Å². The summed E-state index contributed by atoms with van der Waals surface area (Å²) in [6.07, 6.45) is 0. The van der Waals surface area contributed by atoms with E-state index in [1.807, 2.05) is 42.5 Å². The van der Waals surface area contributed by atoms with Crippen molar-refractivity contribution < 1.29 is 0 Å². The van der Waals surface area contributed by atoms with Gasteiger partial charge in [0.15, 0.2) is 0 Å². The third kappa shape index (κ3) is 2.47. The molecule has 108 valence electrons. The summed E-state index contributed by atoms with van der Waals surface area (Å²) in [4.78, 5) is 6.11. The van der Waals surface area contributed by atoms with E-state index in [-0.39, 0.29) is 0 Å². The molecule has 0 bridgehead atoms. The first-order valence-corrected chi connectivity index (χ1v) is 7.86. The molecule has 2 aromatic heterocycles. The van der Waals surface area contributed by atoms with Crippen LogP contribution in [0.3, 0.4) is 0 Å². The molecule has 4 aromatic rings. The Morgan fingerprint density at radius 1 is 1.05 bits per heavy atom. The highest BCUT2D eigenvalue weighted by Crippen LogP contribution is 2.24. The maximum atomic E-state index is 6.15. The molecule has 0 amide bonds. The first-order chi connectivity index (χ1) is 10.8. The normalized spacial score (nSPS) is 11.1. The highest BCUT2D eigenvalue weighted by atomic mass is 35.5. The second kappa shape index (κ2) is 5.47. The first-order valence-electron chi connectivity index (χ1n) is 6.67. The van der Waals surface area contributed by atoms with Crippen molar-refractivity contribution in [3.8, 4) is 11.4 Å². The SMILES string of the molecule is Clc1ccccc1-c1nnn(Cc2nc3ccccc3s2)n1. The van der Waals surface area contributed by atoms with Gasteiger partial charge in [0.2, 0.25) is 5.82 Å². The highest BCUT2D eigenvalue weighted by molar-refractivity contribution is 7.18. The molecule has 2 aromatic carbocycles. The van der Waals surface area contributed by atoms with Crippen molar-refractivity contribution in [1.82, 2.24) is 25.2 Å². The smallest absolute Gasteiger partial charge is 0.206 e. The van der Waals surface area contributed by atoms with Gasteiger partial charge in [-0.15, -0.1) is 21.5 Å². The lowest BCUT2D eigenvalue weighted by molar-refractivity contribution is 0.571. The lowest BCUT2D eigenvalue weighted by Gasteiger charge is -1.96. The number of rotatable bonds is 3. The summed E-state index contributed by atoms with van der Waals surface area (Å²) in [6.45, 7) is 0.497. The number of benzene rings is 2. The van der Waals surface area contributed by atoms with E-state index in [9.17, 15) is 0 Å². The summed E-state index contributed by atoms with van der Waals surface area (Å²) in [5.74, 6) is 0.520. The first kappa shape index (κ1) is 13.4. The van der Waals surface area contributed by atoms with Crippen molar-refractivity contribution in [1.29, 1.82) is 0 Å². The van der Waals surface area contributed by atoms with Crippen molar-refractivity contribution in [3.05, 3.63) is 58.6 Å². The van der Waals surface area contributed by atoms with Crippen LogP contribution < -0.4 is 0 Å². The maximum absolute atomic E-state index is 6.15. The molecule has 4 rings (SSSR count). The molecule has 0 N–H and O–H groups in total. The molecule has 0 saturated carbocycles. The average molecular weight is 328 g/mol. The summed E-state index contributed by atoms with van der Waals surface area (Å²) in [5, 5.41) is 14.1. The predicted molar refractivity (Wildman–Crippen MR) is 87.0 cm³/mol. The molecule has 0 spiro atoms. The van der Waals surface area contributed by atoms with Gasteiger partial charge < -0.3 is 0 Å². The van der Waals surface area contributed by atoms with Crippen LogP contribution in [0.4, 0.5) is 0 Å². The Balaban J connectivity index is 1.63. The summed E-state index contributed by atoms with van der Waals surface area (Å²) in [6, 6.07) is 15.5. The van der Waals surface area contributed by atoms with Crippen molar-refractivity contribution in [2.24, 2.45) is 0 Å². The van der Waals surface area contributed by atoms with Gasteiger partial charge >= 0.3 is 0 Å². The number of para-hydroxylation sites is 1. The predicted octanol–water partition coefficient (Wildman–Crippen LogP) is 3.65. The molecule has 5 nitrogen and oxygen atoms in total. The van der Waals surface area contributed by atoms with Gasteiger partial charge in [0, 0.05) is 5.56 Å². The van der Waals surface area contributed by atoms with E-state index in [1.54, 1.807) is 11.3 Å². The van der Waals surface area contributed by atoms with Gasteiger partial charge in [-0.3, -0.25) is 0 Å². The molecular formula is C15H10ClN5S. The zero-order chi connectivity index (χ0) is 14.9. The molecule has 0 fully saturated rings. The quantitative estimate of drug-likeness (QED) is 0.576. The topological polar surface area (TPSA) is 56.5 Å². The lowest BCUT2D eigenvalue weighted by atomic mass is 10.2. The van der Waals surface area contributed by atoms with Crippen molar-refractivity contribution in [2.75, 3.05) is 0 Å². The number of tetrazole rings is 1. The van der Waals surface area contributed by atoms with Crippen molar-refractivity contribution >= 4 is 33.2 Å². The minimum atomic E-state index is 0.497. The van der Waals surface area contributed by atoms with Gasteiger partial charge in [-0.1, -0.05) is 35.9 Å². The Morgan fingerprint density at radius 3 is 2.73 bits per heavy atom. The second-order valence-electron chi connectivity index (χ2n) is 4.70. The van der Waals surface area contributed by atoms with Crippen LogP contribution >= 0.6 is 22.9 Å². The number of aromatic nitrogens is 5. The van der Waals surface area contributed by atoms with Crippen LogP contribution in [0.5, 0.6) is 0 Å². The average Bonchev–Trinajstić information content (AvgIpc) is 3.14. The van der Waals surface area contributed by atoms with Gasteiger partial charge in [0.05, 0.1) is 15.2 Å².